The van der Waals surface area contributed by atoms with Crippen LogP contribution in [0.15, 0.2) is 42.5 Å². The van der Waals surface area contributed by atoms with Crippen LogP contribution < -0.4 is 0 Å². The summed E-state index contributed by atoms with van der Waals surface area (Å²) < 4.78 is 0. The van der Waals surface area contributed by atoms with Crippen molar-refractivity contribution in [2.45, 2.75) is 33.6 Å². The molecule has 0 bridgehead atoms. The lowest BCUT2D eigenvalue weighted by molar-refractivity contribution is 0.921. The maximum absolute atomic E-state index is 3.32. The number of rotatable bonds is 2. The van der Waals surface area contributed by atoms with Crippen molar-refractivity contribution in [1.29, 1.82) is 0 Å². The van der Waals surface area contributed by atoms with Gasteiger partial charge in [0.05, 0.1) is 0 Å². The van der Waals surface area contributed by atoms with Crippen molar-refractivity contribution in [3.8, 4) is 11.8 Å². The van der Waals surface area contributed by atoms with E-state index in [9.17, 15) is 0 Å². The highest BCUT2D eigenvalue weighted by atomic mass is 14.0. The van der Waals surface area contributed by atoms with Crippen LogP contribution in [0.5, 0.6) is 0 Å². The van der Waals surface area contributed by atoms with Gasteiger partial charge in [-0.15, -0.1) is 0 Å². The molecule has 0 saturated carbocycles. The Kier molecular flexibility index (Phi) is 4.42. The first-order chi connectivity index (χ1) is 9.20. The third-order valence-electron chi connectivity index (χ3n) is 3.28. The van der Waals surface area contributed by atoms with Gasteiger partial charge in [0.15, 0.2) is 0 Å². The topological polar surface area (TPSA) is 0 Å². The fourth-order valence-electron chi connectivity index (χ4n) is 2.24. The summed E-state index contributed by atoms with van der Waals surface area (Å²) in [5, 5.41) is 0. The molecule has 0 atom stereocenters. The average molecular weight is 248 g/mol. The van der Waals surface area contributed by atoms with Crippen LogP contribution in [0.2, 0.25) is 0 Å². The van der Waals surface area contributed by atoms with Crippen LogP contribution in [0.1, 0.15) is 41.2 Å². The molecular formula is C19H20. The van der Waals surface area contributed by atoms with E-state index >= 15 is 0 Å². The molecule has 2 aromatic carbocycles. The van der Waals surface area contributed by atoms with E-state index in [2.05, 4.69) is 75.1 Å². The molecule has 0 aromatic heterocycles. The fourth-order valence-corrected chi connectivity index (χ4v) is 2.24. The Morgan fingerprint density at radius 3 is 2.26 bits per heavy atom. The van der Waals surface area contributed by atoms with Gasteiger partial charge in [0.2, 0.25) is 0 Å². The largest absolute Gasteiger partial charge is 0.0651 e. The second-order valence-electron chi connectivity index (χ2n) is 4.97. The SMILES string of the molecule is CCCc1cccc(C#Cc2c(C)cccc2C)c1. The zero-order chi connectivity index (χ0) is 13.7. The van der Waals surface area contributed by atoms with E-state index in [1.54, 1.807) is 0 Å². The first-order valence-electron chi connectivity index (χ1n) is 6.88. The zero-order valence-electron chi connectivity index (χ0n) is 12.0. The van der Waals surface area contributed by atoms with Gasteiger partial charge in [-0.3, -0.25) is 0 Å². The molecule has 0 N–H and O–H groups in total. The number of aryl methyl sites for hydroxylation is 3. The summed E-state index contributed by atoms with van der Waals surface area (Å²) in [5.41, 5.74) is 6.13. The van der Waals surface area contributed by atoms with E-state index in [4.69, 9.17) is 0 Å². The number of hydrogen-bond acceptors (Lipinski definition) is 0. The maximum Gasteiger partial charge on any atom is 0.0307 e. The summed E-state index contributed by atoms with van der Waals surface area (Å²) in [4.78, 5) is 0. The molecule has 2 aromatic rings. The van der Waals surface area contributed by atoms with Gasteiger partial charge in [-0.05, 0) is 49.1 Å². The Labute approximate surface area is 116 Å². The van der Waals surface area contributed by atoms with Crippen molar-refractivity contribution in [1.82, 2.24) is 0 Å². The Hall–Kier alpha value is -2.00. The van der Waals surface area contributed by atoms with E-state index in [0.29, 0.717) is 0 Å². The summed E-state index contributed by atoms with van der Waals surface area (Å²) in [6.07, 6.45) is 2.30. The Bertz CT molecular complexity index is 604. The number of benzene rings is 2. The van der Waals surface area contributed by atoms with Crippen LogP contribution in [0.4, 0.5) is 0 Å². The molecule has 0 aliphatic heterocycles. The van der Waals surface area contributed by atoms with Crippen molar-refractivity contribution < 1.29 is 0 Å². The molecule has 0 unspecified atom stereocenters. The van der Waals surface area contributed by atoms with E-state index < -0.39 is 0 Å². The van der Waals surface area contributed by atoms with Crippen LogP contribution in [0.3, 0.4) is 0 Å². The molecule has 0 fully saturated rings. The standard InChI is InChI=1S/C19H20/c1-4-7-17-10-6-11-18(14-17)12-13-19-15(2)8-5-9-16(19)3/h5-6,8-11,14H,4,7H2,1-3H3. The molecular weight excluding hydrogens is 228 g/mol. The molecule has 0 amide bonds. The number of hydrogen-bond donors (Lipinski definition) is 0. The molecule has 0 nitrogen and oxygen atoms in total. The van der Waals surface area contributed by atoms with Gasteiger partial charge < -0.3 is 0 Å². The Morgan fingerprint density at radius 1 is 0.895 bits per heavy atom. The van der Waals surface area contributed by atoms with Crippen LogP contribution in [0, 0.1) is 25.7 Å². The predicted molar refractivity (Wildman–Crippen MR) is 82.3 cm³/mol. The zero-order valence-corrected chi connectivity index (χ0v) is 12.0. The minimum absolute atomic E-state index is 1.11. The van der Waals surface area contributed by atoms with Gasteiger partial charge >= 0.3 is 0 Å². The van der Waals surface area contributed by atoms with Crippen LogP contribution >= 0.6 is 0 Å². The fraction of sp³-hybridized carbons (Fsp3) is 0.263. The molecule has 0 radical (unpaired) electrons. The highest BCUT2D eigenvalue weighted by molar-refractivity contribution is 5.50. The minimum Gasteiger partial charge on any atom is -0.0651 e. The summed E-state index contributed by atoms with van der Waals surface area (Å²) in [6, 6.07) is 14.9. The van der Waals surface area contributed by atoms with E-state index in [1.807, 2.05) is 0 Å². The Morgan fingerprint density at radius 2 is 1.58 bits per heavy atom. The lowest BCUT2D eigenvalue weighted by Crippen LogP contribution is -1.87. The molecule has 96 valence electrons. The van der Waals surface area contributed by atoms with E-state index in [0.717, 1.165) is 17.5 Å². The first kappa shape index (κ1) is 13.4. The van der Waals surface area contributed by atoms with Gasteiger partial charge in [-0.25, -0.2) is 0 Å². The summed E-state index contributed by atoms with van der Waals surface area (Å²) in [6.45, 7) is 6.43. The quantitative estimate of drug-likeness (QED) is 0.678. The predicted octanol–water partition coefficient (Wildman–Crippen LogP) is 4.66. The molecule has 0 heterocycles. The van der Waals surface area contributed by atoms with Crippen molar-refractivity contribution >= 4 is 0 Å². The van der Waals surface area contributed by atoms with Crippen molar-refractivity contribution in [3.05, 3.63) is 70.3 Å². The van der Waals surface area contributed by atoms with E-state index in [-0.39, 0.29) is 0 Å². The first-order valence-corrected chi connectivity index (χ1v) is 6.88. The summed E-state index contributed by atoms with van der Waals surface area (Å²) in [5.74, 6) is 6.61. The third-order valence-corrected chi connectivity index (χ3v) is 3.28. The van der Waals surface area contributed by atoms with E-state index in [1.165, 1.54) is 23.1 Å². The van der Waals surface area contributed by atoms with Gasteiger partial charge in [-0.1, -0.05) is 55.5 Å². The van der Waals surface area contributed by atoms with Gasteiger partial charge in [0.25, 0.3) is 0 Å². The second-order valence-corrected chi connectivity index (χ2v) is 4.97. The van der Waals surface area contributed by atoms with Gasteiger partial charge in [0, 0.05) is 11.1 Å². The maximum atomic E-state index is 3.32. The normalized spacial score (nSPS) is 9.84. The molecule has 0 aliphatic carbocycles. The Balaban J connectivity index is 2.31. The smallest absolute Gasteiger partial charge is 0.0307 e. The van der Waals surface area contributed by atoms with Crippen LogP contribution in [-0.2, 0) is 6.42 Å². The molecule has 0 heteroatoms. The van der Waals surface area contributed by atoms with Crippen molar-refractivity contribution in [3.63, 3.8) is 0 Å². The summed E-state index contributed by atoms with van der Waals surface area (Å²) >= 11 is 0. The minimum atomic E-state index is 1.11. The lowest BCUT2D eigenvalue weighted by atomic mass is 10.0. The van der Waals surface area contributed by atoms with Crippen LogP contribution in [0.25, 0.3) is 0 Å². The highest BCUT2D eigenvalue weighted by Crippen LogP contribution is 2.12. The molecule has 0 spiro atoms. The van der Waals surface area contributed by atoms with Gasteiger partial charge in [0.1, 0.15) is 0 Å². The molecule has 2 rings (SSSR count). The van der Waals surface area contributed by atoms with Gasteiger partial charge in [-0.2, -0.15) is 0 Å². The second kappa shape index (κ2) is 6.25. The molecule has 19 heavy (non-hydrogen) atoms. The molecule has 0 saturated heterocycles. The third kappa shape index (κ3) is 3.48. The monoisotopic (exact) mass is 248 g/mol. The lowest BCUT2D eigenvalue weighted by Gasteiger charge is -2.02. The van der Waals surface area contributed by atoms with Crippen molar-refractivity contribution in [2.24, 2.45) is 0 Å². The summed E-state index contributed by atoms with van der Waals surface area (Å²) in [7, 11) is 0. The highest BCUT2D eigenvalue weighted by Gasteiger charge is 1.97. The average Bonchev–Trinajstić information content (AvgIpc) is 2.39. The van der Waals surface area contributed by atoms with Crippen molar-refractivity contribution in [2.75, 3.05) is 0 Å². The van der Waals surface area contributed by atoms with Crippen LogP contribution in [-0.4, -0.2) is 0 Å². The molecule has 0 aliphatic rings.